The maximum absolute atomic E-state index is 13.6. The predicted octanol–water partition coefficient (Wildman–Crippen LogP) is 4.31. The van der Waals surface area contributed by atoms with Crippen molar-refractivity contribution in [3.8, 4) is 5.75 Å². The molecule has 0 aliphatic rings. The van der Waals surface area contributed by atoms with E-state index in [-0.39, 0.29) is 12.4 Å². The summed E-state index contributed by atoms with van der Waals surface area (Å²) in [6.07, 6.45) is 0.921. The zero-order valence-electron chi connectivity index (χ0n) is 10.6. The maximum Gasteiger partial charge on any atom is 0.142 e. The van der Waals surface area contributed by atoms with Crippen molar-refractivity contribution in [3.63, 3.8) is 0 Å². The second-order valence-corrected chi connectivity index (χ2v) is 5.17. The van der Waals surface area contributed by atoms with Crippen LogP contribution in [0.15, 0.2) is 40.9 Å². The number of hydrogen-bond donors (Lipinski definition) is 1. The van der Waals surface area contributed by atoms with Gasteiger partial charge in [-0.1, -0.05) is 28.9 Å². The molecular weight excluding hydrogens is 309 g/mol. The molecule has 0 atom stereocenters. The van der Waals surface area contributed by atoms with E-state index in [0.717, 1.165) is 16.5 Å². The van der Waals surface area contributed by atoms with Gasteiger partial charge in [0.25, 0.3) is 0 Å². The lowest BCUT2D eigenvalue weighted by molar-refractivity contribution is 0.301. The van der Waals surface area contributed by atoms with Gasteiger partial charge in [-0.3, -0.25) is 0 Å². The van der Waals surface area contributed by atoms with Crippen LogP contribution in [0.4, 0.5) is 10.1 Å². The Balaban J connectivity index is 2.12. The first-order valence-corrected chi connectivity index (χ1v) is 6.84. The Hall–Kier alpha value is -1.55. The van der Waals surface area contributed by atoms with Crippen LogP contribution in [0, 0.1) is 5.82 Å². The van der Waals surface area contributed by atoms with Crippen LogP contribution in [0.2, 0.25) is 0 Å². The molecule has 4 heteroatoms. The number of hydrogen-bond acceptors (Lipinski definition) is 2. The highest BCUT2D eigenvalue weighted by atomic mass is 79.9. The summed E-state index contributed by atoms with van der Waals surface area (Å²) in [5, 5.41) is 0. The molecule has 0 saturated carbocycles. The number of rotatable bonds is 4. The summed E-state index contributed by atoms with van der Waals surface area (Å²) in [6, 6.07) is 10.4. The Bertz CT molecular complexity index is 586. The van der Waals surface area contributed by atoms with Crippen molar-refractivity contribution in [1.29, 1.82) is 0 Å². The van der Waals surface area contributed by atoms with Gasteiger partial charge in [-0.05, 0) is 42.3 Å². The third kappa shape index (κ3) is 3.47. The van der Waals surface area contributed by atoms with E-state index >= 15 is 0 Å². The van der Waals surface area contributed by atoms with E-state index in [1.54, 1.807) is 12.1 Å². The lowest BCUT2D eigenvalue weighted by Gasteiger charge is -2.11. The van der Waals surface area contributed by atoms with Gasteiger partial charge in [0.15, 0.2) is 0 Å². The van der Waals surface area contributed by atoms with E-state index in [1.807, 2.05) is 18.2 Å². The van der Waals surface area contributed by atoms with E-state index in [2.05, 4.69) is 22.9 Å². The van der Waals surface area contributed by atoms with E-state index < -0.39 is 0 Å². The van der Waals surface area contributed by atoms with Crippen molar-refractivity contribution in [2.24, 2.45) is 0 Å². The predicted molar refractivity (Wildman–Crippen MR) is 78.7 cm³/mol. The van der Waals surface area contributed by atoms with Crippen molar-refractivity contribution in [2.75, 3.05) is 5.73 Å². The Morgan fingerprint density at radius 3 is 2.68 bits per heavy atom. The van der Waals surface area contributed by atoms with Gasteiger partial charge in [-0.15, -0.1) is 0 Å². The van der Waals surface area contributed by atoms with Crippen molar-refractivity contribution in [3.05, 3.63) is 57.8 Å². The quantitative estimate of drug-likeness (QED) is 0.851. The number of aryl methyl sites for hydroxylation is 1. The standard InChI is InChI=1S/C15H15BrFNO/c1-2-10-3-6-15(14(18)7-10)19-9-11-8-12(16)4-5-13(11)17/h3-8H,2,9,18H2,1H3. The monoisotopic (exact) mass is 323 g/mol. The van der Waals surface area contributed by atoms with Crippen LogP contribution in [0.3, 0.4) is 0 Å². The molecular formula is C15H15BrFNO. The second kappa shape index (κ2) is 6.06. The van der Waals surface area contributed by atoms with E-state index in [4.69, 9.17) is 10.5 Å². The smallest absolute Gasteiger partial charge is 0.142 e. The molecule has 100 valence electrons. The maximum atomic E-state index is 13.6. The molecule has 0 spiro atoms. The fourth-order valence-electron chi connectivity index (χ4n) is 1.76. The van der Waals surface area contributed by atoms with Gasteiger partial charge in [0.1, 0.15) is 18.2 Å². The summed E-state index contributed by atoms with van der Waals surface area (Å²) in [7, 11) is 0. The average Bonchev–Trinajstić information content (AvgIpc) is 2.40. The zero-order chi connectivity index (χ0) is 13.8. The Morgan fingerprint density at radius 1 is 1.21 bits per heavy atom. The minimum atomic E-state index is -0.285. The van der Waals surface area contributed by atoms with E-state index in [1.165, 1.54) is 6.07 Å². The Labute approximate surface area is 120 Å². The fraction of sp³-hybridized carbons (Fsp3) is 0.200. The van der Waals surface area contributed by atoms with E-state index in [0.29, 0.717) is 17.0 Å². The SMILES string of the molecule is CCc1ccc(OCc2cc(Br)ccc2F)c(N)c1. The summed E-state index contributed by atoms with van der Waals surface area (Å²) in [4.78, 5) is 0. The van der Waals surface area contributed by atoms with Gasteiger partial charge in [0.2, 0.25) is 0 Å². The lowest BCUT2D eigenvalue weighted by Crippen LogP contribution is -2.01. The first-order chi connectivity index (χ1) is 9.10. The van der Waals surface area contributed by atoms with Crippen molar-refractivity contribution < 1.29 is 9.13 Å². The summed E-state index contributed by atoms with van der Waals surface area (Å²) < 4.78 is 20.0. The molecule has 0 aliphatic carbocycles. The third-order valence-electron chi connectivity index (χ3n) is 2.87. The molecule has 0 bridgehead atoms. The van der Waals surface area contributed by atoms with Crippen LogP contribution in [0.25, 0.3) is 0 Å². The van der Waals surface area contributed by atoms with Gasteiger partial charge >= 0.3 is 0 Å². The molecule has 0 aromatic heterocycles. The largest absolute Gasteiger partial charge is 0.487 e. The Kier molecular flexibility index (Phi) is 4.43. The van der Waals surface area contributed by atoms with Crippen LogP contribution in [-0.2, 0) is 13.0 Å². The minimum Gasteiger partial charge on any atom is -0.487 e. The molecule has 2 N–H and O–H groups in total. The van der Waals surface area contributed by atoms with Crippen LogP contribution < -0.4 is 10.5 Å². The van der Waals surface area contributed by atoms with Crippen molar-refractivity contribution >= 4 is 21.6 Å². The first kappa shape index (κ1) is 13.9. The van der Waals surface area contributed by atoms with Crippen LogP contribution in [-0.4, -0.2) is 0 Å². The van der Waals surface area contributed by atoms with E-state index in [9.17, 15) is 4.39 Å². The molecule has 0 unspecified atom stereocenters. The van der Waals surface area contributed by atoms with Crippen LogP contribution in [0.5, 0.6) is 5.75 Å². The molecule has 2 rings (SSSR count). The number of nitrogen functional groups attached to an aromatic ring is 1. The Morgan fingerprint density at radius 2 is 2.00 bits per heavy atom. The molecule has 0 fully saturated rings. The molecule has 0 aliphatic heterocycles. The minimum absolute atomic E-state index is 0.154. The highest BCUT2D eigenvalue weighted by Gasteiger charge is 2.06. The molecule has 19 heavy (non-hydrogen) atoms. The number of halogens is 2. The highest BCUT2D eigenvalue weighted by molar-refractivity contribution is 9.10. The number of anilines is 1. The van der Waals surface area contributed by atoms with Crippen LogP contribution >= 0.6 is 15.9 Å². The summed E-state index contributed by atoms with van der Waals surface area (Å²) in [5.74, 6) is 0.295. The van der Waals surface area contributed by atoms with Gasteiger partial charge in [-0.2, -0.15) is 0 Å². The lowest BCUT2D eigenvalue weighted by atomic mass is 10.1. The molecule has 2 aromatic rings. The molecule has 2 nitrogen and oxygen atoms in total. The molecule has 2 aromatic carbocycles. The number of nitrogens with two attached hydrogens (primary N) is 1. The zero-order valence-corrected chi connectivity index (χ0v) is 12.2. The van der Waals surface area contributed by atoms with Gasteiger partial charge < -0.3 is 10.5 Å². The molecule has 0 saturated heterocycles. The van der Waals surface area contributed by atoms with Crippen LogP contribution in [0.1, 0.15) is 18.1 Å². The van der Waals surface area contributed by atoms with Gasteiger partial charge in [-0.25, -0.2) is 4.39 Å². The van der Waals surface area contributed by atoms with Crippen molar-refractivity contribution in [2.45, 2.75) is 20.0 Å². The number of ether oxygens (including phenoxy) is 1. The van der Waals surface area contributed by atoms with Gasteiger partial charge in [0, 0.05) is 10.0 Å². The second-order valence-electron chi connectivity index (χ2n) is 4.25. The highest BCUT2D eigenvalue weighted by Crippen LogP contribution is 2.25. The molecule has 0 radical (unpaired) electrons. The summed E-state index contributed by atoms with van der Waals surface area (Å²) in [6.45, 7) is 2.22. The topological polar surface area (TPSA) is 35.2 Å². The molecule has 0 heterocycles. The van der Waals surface area contributed by atoms with Gasteiger partial charge in [0.05, 0.1) is 5.69 Å². The first-order valence-electron chi connectivity index (χ1n) is 6.05. The third-order valence-corrected chi connectivity index (χ3v) is 3.37. The normalized spacial score (nSPS) is 10.5. The summed E-state index contributed by atoms with van der Waals surface area (Å²) in [5.41, 5.74) is 8.12. The molecule has 0 amide bonds. The van der Waals surface area contributed by atoms with Crippen molar-refractivity contribution in [1.82, 2.24) is 0 Å². The number of benzene rings is 2. The average molecular weight is 324 g/mol. The summed E-state index contributed by atoms with van der Waals surface area (Å²) >= 11 is 3.31. The fourth-order valence-corrected chi connectivity index (χ4v) is 2.17.